The molecule has 0 radical (unpaired) electrons. The lowest BCUT2D eigenvalue weighted by Crippen LogP contribution is -2.08. The van der Waals surface area contributed by atoms with Crippen molar-refractivity contribution in [1.82, 2.24) is 5.16 Å². The van der Waals surface area contributed by atoms with Gasteiger partial charge in [0.2, 0.25) is 0 Å². The summed E-state index contributed by atoms with van der Waals surface area (Å²) in [6.07, 6.45) is -4.60. The van der Waals surface area contributed by atoms with Gasteiger partial charge >= 0.3 is 6.18 Å². The van der Waals surface area contributed by atoms with E-state index < -0.39 is 17.3 Å². The monoisotopic (exact) mass is 371 g/mol. The van der Waals surface area contributed by atoms with Gasteiger partial charge in [-0.25, -0.2) is 0 Å². The molecule has 3 rings (SSSR count). The van der Waals surface area contributed by atoms with E-state index in [0.717, 1.165) is 28.5 Å². The molecule has 4 nitrogen and oxygen atoms in total. The Labute approximate surface area is 154 Å². The fraction of sp³-hybridized carbons (Fsp3) is 0.200. The Bertz CT molecular complexity index is 1030. The van der Waals surface area contributed by atoms with Gasteiger partial charge in [0.1, 0.15) is 5.76 Å². The Morgan fingerprint density at radius 1 is 1.07 bits per heavy atom. The first kappa shape index (κ1) is 18.5. The summed E-state index contributed by atoms with van der Waals surface area (Å²) in [6, 6.07) is 10.8. The number of nitrogens with one attached hydrogen (secondary N) is 1. The highest BCUT2D eigenvalue weighted by atomic mass is 19.4. The lowest BCUT2D eigenvalue weighted by Gasteiger charge is -2.14. The van der Waals surface area contributed by atoms with Crippen LogP contribution in [0.15, 0.2) is 40.9 Å². The molecule has 27 heavy (non-hydrogen) atoms. The Morgan fingerprint density at radius 2 is 1.81 bits per heavy atom. The molecular formula is C20H16F3N3O. The van der Waals surface area contributed by atoms with E-state index in [1.807, 2.05) is 32.0 Å². The predicted molar refractivity (Wildman–Crippen MR) is 95.6 cm³/mol. The number of nitrogens with zero attached hydrogens (tertiary/aromatic N) is 2. The van der Waals surface area contributed by atoms with Gasteiger partial charge in [-0.3, -0.25) is 0 Å². The normalized spacial score (nSPS) is 11.3. The predicted octanol–water partition coefficient (Wildman–Crippen LogP) is 5.90. The third-order valence-electron chi connectivity index (χ3n) is 4.28. The Balaban J connectivity index is 2.02. The topological polar surface area (TPSA) is 61.9 Å². The first-order valence-corrected chi connectivity index (χ1v) is 8.13. The number of aryl methyl sites for hydroxylation is 3. The molecule has 0 spiro atoms. The van der Waals surface area contributed by atoms with E-state index in [4.69, 9.17) is 9.78 Å². The van der Waals surface area contributed by atoms with Crippen LogP contribution in [0.25, 0.3) is 11.1 Å². The minimum absolute atomic E-state index is 0.250. The van der Waals surface area contributed by atoms with Crippen LogP contribution in [-0.4, -0.2) is 5.16 Å². The van der Waals surface area contributed by atoms with Crippen LogP contribution >= 0.6 is 0 Å². The molecule has 0 fully saturated rings. The SMILES string of the molecule is Cc1ccc(-c2c(C)noc2C)cc1Nc1ccc(C#N)c(C(F)(F)F)c1. The highest BCUT2D eigenvalue weighted by Gasteiger charge is 2.33. The molecular weight excluding hydrogens is 355 g/mol. The van der Waals surface area contributed by atoms with Gasteiger partial charge in [-0.15, -0.1) is 0 Å². The Hall–Kier alpha value is -3.27. The molecule has 1 aromatic heterocycles. The van der Waals surface area contributed by atoms with Crippen LogP contribution in [0, 0.1) is 32.1 Å². The maximum Gasteiger partial charge on any atom is 0.417 e. The van der Waals surface area contributed by atoms with Gasteiger partial charge < -0.3 is 9.84 Å². The first-order valence-electron chi connectivity index (χ1n) is 8.13. The zero-order valence-corrected chi connectivity index (χ0v) is 14.9. The Kier molecular flexibility index (Phi) is 4.66. The van der Waals surface area contributed by atoms with Crippen LogP contribution in [0.3, 0.4) is 0 Å². The molecule has 0 saturated heterocycles. The van der Waals surface area contributed by atoms with Crippen LogP contribution in [0.4, 0.5) is 24.5 Å². The van der Waals surface area contributed by atoms with Crippen molar-refractivity contribution < 1.29 is 17.7 Å². The van der Waals surface area contributed by atoms with Crippen molar-refractivity contribution in [3.63, 3.8) is 0 Å². The zero-order valence-electron chi connectivity index (χ0n) is 14.9. The molecule has 0 aliphatic heterocycles. The smallest absolute Gasteiger partial charge is 0.361 e. The summed E-state index contributed by atoms with van der Waals surface area (Å²) in [5.74, 6) is 0.667. The summed E-state index contributed by atoms with van der Waals surface area (Å²) in [5.41, 5.74) is 2.84. The number of halogens is 3. The number of nitriles is 1. The largest absolute Gasteiger partial charge is 0.417 e. The van der Waals surface area contributed by atoms with Crippen molar-refractivity contribution in [2.75, 3.05) is 5.32 Å². The number of hydrogen-bond donors (Lipinski definition) is 1. The number of anilines is 2. The van der Waals surface area contributed by atoms with E-state index in [1.165, 1.54) is 12.1 Å². The van der Waals surface area contributed by atoms with E-state index in [9.17, 15) is 13.2 Å². The molecule has 0 saturated carbocycles. The number of benzene rings is 2. The van der Waals surface area contributed by atoms with Crippen molar-refractivity contribution in [3.8, 4) is 17.2 Å². The summed E-state index contributed by atoms with van der Waals surface area (Å²) >= 11 is 0. The van der Waals surface area contributed by atoms with E-state index in [1.54, 1.807) is 13.0 Å². The lowest BCUT2D eigenvalue weighted by atomic mass is 10.0. The summed E-state index contributed by atoms with van der Waals surface area (Å²) in [7, 11) is 0. The highest BCUT2D eigenvalue weighted by molar-refractivity contribution is 5.75. The minimum atomic E-state index is -4.60. The number of rotatable bonds is 3. The molecule has 0 unspecified atom stereocenters. The van der Waals surface area contributed by atoms with Crippen LogP contribution in [0.2, 0.25) is 0 Å². The van der Waals surface area contributed by atoms with Gasteiger partial charge in [0.05, 0.1) is 22.9 Å². The summed E-state index contributed by atoms with van der Waals surface area (Å²) in [4.78, 5) is 0. The minimum Gasteiger partial charge on any atom is -0.361 e. The second-order valence-electron chi connectivity index (χ2n) is 6.22. The Morgan fingerprint density at radius 3 is 2.41 bits per heavy atom. The molecule has 1 heterocycles. The lowest BCUT2D eigenvalue weighted by molar-refractivity contribution is -0.137. The number of alkyl halides is 3. The summed E-state index contributed by atoms with van der Waals surface area (Å²) < 4.78 is 44.7. The molecule has 0 aliphatic carbocycles. The van der Waals surface area contributed by atoms with E-state index in [-0.39, 0.29) is 5.69 Å². The van der Waals surface area contributed by atoms with E-state index in [0.29, 0.717) is 11.4 Å². The molecule has 0 bridgehead atoms. The van der Waals surface area contributed by atoms with Crippen LogP contribution in [0.1, 0.15) is 28.1 Å². The fourth-order valence-electron chi connectivity index (χ4n) is 2.92. The molecule has 0 atom stereocenters. The van der Waals surface area contributed by atoms with Gasteiger partial charge in [-0.1, -0.05) is 17.3 Å². The van der Waals surface area contributed by atoms with Crippen molar-refractivity contribution in [2.45, 2.75) is 26.9 Å². The van der Waals surface area contributed by atoms with Gasteiger partial charge in [0.25, 0.3) is 0 Å². The quantitative estimate of drug-likeness (QED) is 0.622. The summed E-state index contributed by atoms with van der Waals surface area (Å²) in [6.45, 7) is 5.49. The number of hydrogen-bond acceptors (Lipinski definition) is 4. The van der Waals surface area contributed by atoms with E-state index in [2.05, 4.69) is 10.5 Å². The molecule has 3 aromatic rings. The maximum atomic E-state index is 13.2. The van der Waals surface area contributed by atoms with Gasteiger partial charge in [-0.05, 0) is 56.2 Å². The molecule has 138 valence electrons. The van der Waals surface area contributed by atoms with Gasteiger partial charge in [0, 0.05) is 16.9 Å². The molecule has 1 N–H and O–H groups in total. The van der Waals surface area contributed by atoms with Crippen molar-refractivity contribution >= 4 is 11.4 Å². The average Bonchev–Trinajstić information content (AvgIpc) is 2.95. The maximum absolute atomic E-state index is 13.2. The molecule has 0 aliphatic rings. The van der Waals surface area contributed by atoms with Crippen molar-refractivity contribution in [2.24, 2.45) is 0 Å². The molecule has 7 heteroatoms. The van der Waals surface area contributed by atoms with E-state index >= 15 is 0 Å². The third-order valence-corrected chi connectivity index (χ3v) is 4.28. The second kappa shape index (κ2) is 6.80. The van der Waals surface area contributed by atoms with Crippen molar-refractivity contribution in [3.05, 3.63) is 64.5 Å². The van der Waals surface area contributed by atoms with Crippen LogP contribution in [-0.2, 0) is 6.18 Å². The fourth-order valence-corrected chi connectivity index (χ4v) is 2.92. The highest BCUT2D eigenvalue weighted by Crippen LogP contribution is 2.35. The molecule has 0 amide bonds. The molecule has 2 aromatic carbocycles. The summed E-state index contributed by atoms with van der Waals surface area (Å²) in [5, 5.41) is 15.9. The van der Waals surface area contributed by atoms with Crippen molar-refractivity contribution in [1.29, 1.82) is 5.26 Å². The first-order chi connectivity index (χ1) is 12.7. The average molecular weight is 371 g/mol. The van der Waals surface area contributed by atoms with Crippen LogP contribution in [0.5, 0.6) is 0 Å². The number of aromatic nitrogens is 1. The zero-order chi connectivity index (χ0) is 19.8. The third kappa shape index (κ3) is 3.65. The van der Waals surface area contributed by atoms with Gasteiger partial charge in [-0.2, -0.15) is 18.4 Å². The second-order valence-corrected chi connectivity index (χ2v) is 6.22. The van der Waals surface area contributed by atoms with Gasteiger partial charge in [0.15, 0.2) is 0 Å². The standard InChI is InChI=1S/C20H16F3N3O/c1-11-4-5-14(19-12(2)26-27-13(19)3)8-18(11)25-16-7-6-15(10-24)17(9-16)20(21,22)23/h4-9,25H,1-3H3. The van der Waals surface area contributed by atoms with Crippen LogP contribution < -0.4 is 5.32 Å².